The van der Waals surface area contributed by atoms with Gasteiger partial charge in [-0.1, -0.05) is 12.8 Å². The highest BCUT2D eigenvalue weighted by Gasteiger charge is 2.22. The standard InChI is InChI=1S/C23H31N3O4/c1-15(2)26(16(3)4)21(27)14-30-23(29)17-10-11-18-19(13-17)24-20-9-7-5-6-8-12-25(20)22(18)28/h10-11,13,15-16H,5-9,12,14H2,1-4H3. The predicted octanol–water partition coefficient (Wildman–Crippen LogP) is 3.32. The lowest BCUT2D eigenvalue weighted by molar-refractivity contribution is -0.138. The van der Waals surface area contributed by atoms with Crippen molar-refractivity contribution in [3.8, 4) is 0 Å². The first-order valence-corrected chi connectivity index (χ1v) is 10.8. The van der Waals surface area contributed by atoms with Crippen molar-refractivity contribution in [2.45, 2.75) is 78.4 Å². The van der Waals surface area contributed by atoms with Crippen LogP contribution in [0.3, 0.4) is 0 Å². The number of nitrogens with zero attached hydrogens (tertiary/aromatic N) is 3. The van der Waals surface area contributed by atoms with Gasteiger partial charge in [-0.25, -0.2) is 9.78 Å². The molecule has 0 saturated heterocycles. The van der Waals surface area contributed by atoms with E-state index in [1.807, 2.05) is 27.7 Å². The van der Waals surface area contributed by atoms with Crippen LogP contribution in [0.15, 0.2) is 23.0 Å². The summed E-state index contributed by atoms with van der Waals surface area (Å²) in [6.07, 6.45) is 5.00. The predicted molar refractivity (Wildman–Crippen MR) is 116 cm³/mol. The Morgan fingerprint density at radius 3 is 2.50 bits per heavy atom. The maximum Gasteiger partial charge on any atom is 0.338 e. The highest BCUT2D eigenvalue weighted by atomic mass is 16.5. The lowest BCUT2D eigenvalue weighted by atomic mass is 10.1. The van der Waals surface area contributed by atoms with Crippen LogP contribution >= 0.6 is 0 Å². The Hall–Kier alpha value is -2.70. The molecule has 2 heterocycles. The largest absolute Gasteiger partial charge is 0.452 e. The van der Waals surface area contributed by atoms with Crippen LogP contribution in [0.4, 0.5) is 0 Å². The molecule has 3 rings (SSSR count). The molecule has 1 aliphatic heterocycles. The summed E-state index contributed by atoms with van der Waals surface area (Å²) in [7, 11) is 0. The fourth-order valence-electron chi connectivity index (χ4n) is 4.18. The first-order valence-electron chi connectivity index (χ1n) is 10.8. The molecular formula is C23H31N3O4. The van der Waals surface area contributed by atoms with Gasteiger partial charge in [0.25, 0.3) is 11.5 Å². The van der Waals surface area contributed by atoms with Gasteiger partial charge in [-0.3, -0.25) is 14.2 Å². The normalized spacial score (nSPS) is 14.3. The zero-order valence-corrected chi connectivity index (χ0v) is 18.3. The van der Waals surface area contributed by atoms with E-state index < -0.39 is 5.97 Å². The van der Waals surface area contributed by atoms with Gasteiger partial charge in [0.2, 0.25) is 0 Å². The van der Waals surface area contributed by atoms with E-state index >= 15 is 0 Å². The van der Waals surface area contributed by atoms with Gasteiger partial charge in [-0.15, -0.1) is 0 Å². The third-order valence-electron chi connectivity index (χ3n) is 5.53. The summed E-state index contributed by atoms with van der Waals surface area (Å²) in [6.45, 7) is 8.09. The summed E-state index contributed by atoms with van der Waals surface area (Å²) in [6, 6.07) is 4.83. The highest BCUT2D eigenvalue weighted by molar-refractivity contribution is 5.95. The van der Waals surface area contributed by atoms with Crippen LogP contribution in [0.2, 0.25) is 0 Å². The number of hydrogen-bond acceptors (Lipinski definition) is 5. The van der Waals surface area contributed by atoms with E-state index in [4.69, 9.17) is 4.74 Å². The van der Waals surface area contributed by atoms with Crippen molar-refractivity contribution in [1.82, 2.24) is 14.5 Å². The van der Waals surface area contributed by atoms with Gasteiger partial charge in [-0.05, 0) is 58.7 Å². The van der Waals surface area contributed by atoms with E-state index in [1.165, 1.54) is 0 Å². The number of carbonyl (C=O) groups is 2. The van der Waals surface area contributed by atoms with Crippen molar-refractivity contribution < 1.29 is 14.3 Å². The van der Waals surface area contributed by atoms with Crippen molar-refractivity contribution in [3.05, 3.63) is 39.9 Å². The number of esters is 1. The Morgan fingerprint density at radius 2 is 1.80 bits per heavy atom. The van der Waals surface area contributed by atoms with Gasteiger partial charge < -0.3 is 9.64 Å². The summed E-state index contributed by atoms with van der Waals surface area (Å²) in [4.78, 5) is 44.2. The van der Waals surface area contributed by atoms with E-state index in [1.54, 1.807) is 27.7 Å². The maximum absolute atomic E-state index is 12.9. The Balaban J connectivity index is 1.81. The topological polar surface area (TPSA) is 81.5 Å². The summed E-state index contributed by atoms with van der Waals surface area (Å²) in [5.74, 6) is -0.0457. The van der Waals surface area contributed by atoms with Crippen LogP contribution in [-0.2, 0) is 22.5 Å². The second-order valence-corrected chi connectivity index (χ2v) is 8.45. The Labute approximate surface area is 177 Å². The average Bonchev–Trinajstić information content (AvgIpc) is 2.66. The quantitative estimate of drug-likeness (QED) is 0.703. The number of rotatable bonds is 5. The fourth-order valence-corrected chi connectivity index (χ4v) is 4.18. The number of aromatic nitrogens is 2. The molecule has 30 heavy (non-hydrogen) atoms. The molecule has 162 valence electrons. The van der Waals surface area contributed by atoms with Crippen LogP contribution in [0.25, 0.3) is 10.9 Å². The van der Waals surface area contributed by atoms with Crippen LogP contribution in [0, 0.1) is 0 Å². The summed E-state index contributed by atoms with van der Waals surface area (Å²) in [5.41, 5.74) is 0.730. The van der Waals surface area contributed by atoms with Crippen molar-refractivity contribution in [1.29, 1.82) is 0 Å². The molecule has 0 atom stereocenters. The minimum absolute atomic E-state index is 0.0218. The second kappa shape index (κ2) is 9.41. The third-order valence-corrected chi connectivity index (χ3v) is 5.53. The van der Waals surface area contributed by atoms with Crippen molar-refractivity contribution in [3.63, 3.8) is 0 Å². The van der Waals surface area contributed by atoms with E-state index in [0.717, 1.165) is 37.9 Å². The van der Waals surface area contributed by atoms with Crippen molar-refractivity contribution >= 4 is 22.8 Å². The smallest absolute Gasteiger partial charge is 0.338 e. The maximum atomic E-state index is 12.9. The third kappa shape index (κ3) is 4.71. The van der Waals surface area contributed by atoms with Crippen molar-refractivity contribution in [2.24, 2.45) is 0 Å². The molecule has 0 fully saturated rings. The summed E-state index contributed by atoms with van der Waals surface area (Å²) >= 11 is 0. The highest BCUT2D eigenvalue weighted by Crippen LogP contribution is 2.17. The minimum atomic E-state index is -0.591. The zero-order chi connectivity index (χ0) is 21.8. The lowest BCUT2D eigenvalue weighted by Gasteiger charge is -2.30. The fraction of sp³-hybridized carbons (Fsp3) is 0.565. The van der Waals surface area contributed by atoms with E-state index in [-0.39, 0.29) is 30.2 Å². The molecule has 0 radical (unpaired) electrons. The molecule has 0 saturated carbocycles. The molecule has 1 amide bonds. The summed E-state index contributed by atoms with van der Waals surface area (Å²) in [5, 5.41) is 0.498. The van der Waals surface area contributed by atoms with Gasteiger partial charge in [0.15, 0.2) is 6.61 Å². The molecule has 0 unspecified atom stereocenters. The number of fused-ring (bicyclic) bond motifs is 2. The Kier molecular flexibility index (Phi) is 6.90. The molecule has 1 aliphatic rings. The number of aryl methyl sites for hydroxylation is 1. The summed E-state index contributed by atoms with van der Waals surface area (Å²) < 4.78 is 7.03. The van der Waals surface area contributed by atoms with Gasteiger partial charge in [-0.2, -0.15) is 0 Å². The van der Waals surface area contributed by atoms with Crippen molar-refractivity contribution in [2.75, 3.05) is 6.61 Å². The van der Waals surface area contributed by atoms with E-state index in [9.17, 15) is 14.4 Å². The molecule has 7 heteroatoms. The van der Waals surface area contributed by atoms with Gasteiger partial charge in [0.1, 0.15) is 5.82 Å². The van der Waals surface area contributed by atoms with E-state index in [0.29, 0.717) is 23.0 Å². The lowest BCUT2D eigenvalue weighted by Crippen LogP contribution is -2.44. The second-order valence-electron chi connectivity index (χ2n) is 8.45. The SMILES string of the molecule is CC(C)N(C(=O)COC(=O)c1ccc2c(=O)n3c(nc2c1)CCCCCC3)C(C)C. The zero-order valence-electron chi connectivity index (χ0n) is 18.3. The Morgan fingerprint density at radius 1 is 1.10 bits per heavy atom. The van der Waals surface area contributed by atoms with Crippen LogP contribution < -0.4 is 5.56 Å². The van der Waals surface area contributed by atoms with Crippen LogP contribution in [-0.4, -0.2) is 45.0 Å². The number of benzene rings is 1. The first kappa shape index (κ1) is 22.0. The number of ether oxygens (including phenoxy) is 1. The average molecular weight is 414 g/mol. The molecule has 7 nitrogen and oxygen atoms in total. The number of hydrogen-bond donors (Lipinski definition) is 0. The minimum Gasteiger partial charge on any atom is -0.452 e. The molecule has 0 bridgehead atoms. The molecule has 0 spiro atoms. The van der Waals surface area contributed by atoms with Gasteiger partial charge >= 0.3 is 5.97 Å². The monoisotopic (exact) mass is 413 g/mol. The molecular weight excluding hydrogens is 382 g/mol. The first-order chi connectivity index (χ1) is 14.3. The van der Waals surface area contributed by atoms with Crippen LogP contribution in [0.1, 0.15) is 69.6 Å². The van der Waals surface area contributed by atoms with Gasteiger partial charge in [0.05, 0.1) is 16.5 Å². The Bertz CT molecular complexity index is 986. The number of carbonyl (C=O) groups excluding carboxylic acids is 2. The number of amides is 1. The molecule has 2 aromatic rings. The molecule has 1 aromatic carbocycles. The molecule has 0 aliphatic carbocycles. The van der Waals surface area contributed by atoms with Gasteiger partial charge in [0, 0.05) is 25.0 Å². The van der Waals surface area contributed by atoms with Crippen LogP contribution in [0.5, 0.6) is 0 Å². The molecule has 0 N–H and O–H groups in total. The molecule has 1 aromatic heterocycles. The van der Waals surface area contributed by atoms with E-state index in [2.05, 4.69) is 4.98 Å².